The highest BCUT2D eigenvalue weighted by Crippen LogP contribution is 2.25. The molecule has 0 saturated carbocycles. The monoisotopic (exact) mass is 460 g/mol. The van der Waals surface area contributed by atoms with Crippen LogP contribution in [0.3, 0.4) is 0 Å². The van der Waals surface area contributed by atoms with Crippen molar-refractivity contribution in [2.75, 3.05) is 17.7 Å². The Bertz CT molecular complexity index is 1060. The van der Waals surface area contributed by atoms with E-state index in [0.29, 0.717) is 27.5 Å². The molecule has 9 nitrogen and oxygen atoms in total. The van der Waals surface area contributed by atoms with Crippen LogP contribution in [0.1, 0.15) is 23.3 Å². The van der Waals surface area contributed by atoms with Gasteiger partial charge in [0, 0.05) is 17.6 Å². The van der Waals surface area contributed by atoms with Gasteiger partial charge in [-0.05, 0) is 45.0 Å². The Morgan fingerprint density at radius 2 is 1.90 bits per heavy atom. The minimum atomic E-state index is -0.409. The number of aryl methyl sites for hydroxylation is 2. The summed E-state index contributed by atoms with van der Waals surface area (Å²) >= 11 is 2.72. The summed E-state index contributed by atoms with van der Waals surface area (Å²) in [5, 5.41) is 14.6. The first-order valence-electron chi connectivity index (χ1n) is 9.50. The lowest BCUT2D eigenvalue weighted by atomic mass is 10.3. The predicted octanol–water partition coefficient (Wildman–Crippen LogP) is 3.20. The number of methoxy groups -OCH3 is 1. The summed E-state index contributed by atoms with van der Waals surface area (Å²) in [6.45, 7) is 5.66. The fourth-order valence-corrected chi connectivity index (χ4v) is 4.22. The zero-order chi connectivity index (χ0) is 22.5. The van der Waals surface area contributed by atoms with Crippen molar-refractivity contribution in [2.24, 2.45) is 7.05 Å². The standard InChI is InChI=1S/C20H24N6O3S2/c1-11-12(2)30-19(21-11)23-18(28)13(3)31-20-25-24-16(26(20)4)10-17(27)22-14-6-8-15(29-5)9-7-14/h6-9,13H,10H2,1-5H3,(H,22,27)(H,21,23,28). The number of thioether (sulfide) groups is 1. The first-order chi connectivity index (χ1) is 14.8. The lowest BCUT2D eigenvalue weighted by Gasteiger charge is -2.10. The Hall–Kier alpha value is -2.92. The third kappa shape index (κ3) is 5.82. The van der Waals surface area contributed by atoms with Gasteiger partial charge in [-0.1, -0.05) is 11.8 Å². The highest BCUT2D eigenvalue weighted by atomic mass is 32.2. The molecule has 3 aromatic rings. The third-order valence-corrected chi connectivity index (χ3v) is 6.65. The molecule has 3 rings (SSSR count). The molecule has 0 aliphatic rings. The van der Waals surface area contributed by atoms with Crippen LogP contribution in [0.2, 0.25) is 0 Å². The van der Waals surface area contributed by atoms with Crippen LogP contribution in [-0.2, 0) is 23.1 Å². The van der Waals surface area contributed by atoms with E-state index in [0.717, 1.165) is 10.6 Å². The van der Waals surface area contributed by atoms with Crippen LogP contribution in [0.25, 0.3) is 0 Å². The summed E-state index contributed by atoms with van der Waals surface area (Å²) in [4.78, 5) is 30.2. The smallest absolute Gasteiger partial charge is 0.239 e. The van der Waals surface area contributed by atoms with Gasteiger partial charge in [0.2, 0.25) is 11.8 Å². The SMILES string of the molecule is COc1ccc(NC(=O)Cc2nnc(SC(C)C(=O)Nc3nc(C)c(C)s3)n2C)cc1. The quantitative estimate of drug-likeness (QED) is 0.497. The first kappa shape index (κ1) is 22.8. The zero-order valence-corrected chi connectivity index (χ0v) is 19.6. The zero-order valence-electron chi connectivity index (χ0n) is 17.9. The van der Waals surface area contributed by atoms with E-state index in [-0.39, 0.29) is 18.2 Å². The van der Waals surface area contributed by atoms with Crippen LogP contribution in [0.4, 0.5) is 10.8 Å². The van der Waals surface area contributed by atoms with Gasteiger partial charge in [-0.15, -0.1) is 21.5 Å². The molecule has 0 aliphatic heterocycles. The fourth-order valence-electron chi connectivity index (χ4n) is 2.57. The van der Waals surface area contributed by atoms with Crippen molar-refractivity contribution in [3.63, 3.8) is 0 Å². The minimum Gasteiger partial charge on any atom is -0.497 e. The average Bonchev–Trinajstić information content (AvgIpc) is 3.23. The number of carbonyl (C=O) groups excluding carboxylic acids is 2. The van der Waals surface area contributed by atoms with Gasteiger partial charge >= 0.3 is 0 Å². The van der Waals surface area contributed by atoms with Crippen LogP contribution in [-0.4, -0.2) is 43.9 Å². The molecule has 0 radical (unpaired) electrons. The van der Waals surface area contributed by atoms with E-state index < -0.39 is 5.25 Å². The van der Waals surface area contributed by atoms with E-state index in [4.69, 9.17) is 4.74 Å². The number of anilines is 2. The summed E-state index contributed by atoms with van der Waals surface area (Å²) in [5.74, 6) is 0.844. The topological polar surface area (TPSA) is 111 Å². The van der Waals surface area contributed by atoms with Gasteiger partial charge in [0.05, 0.1) is 24.5 Å². The molecule has 1 unspecified atom stereocenters. The lowest BCUT2D eigenvalue weighted by molar-refractivity contribution is -0.116. The molecular weight excluding hydrogens is 436 g/mol. The molecule has 1 atom stereocenters. The molecule has 0 aliphatic carbocycles. The van der Waals surface area contributed by atoms with Gasteiger partial charge in [0.15, 0.2) is 10.3 Å². The highest BCUT2D eigenvalue weighted by Gasteiger charge is 2.21. The molecule has 2 heterocycles. The van der Waals surface area contributed by atoms with Crippen LogP contribution in [0, 0.1) is 13.8 Å². The molecule has 31 heavy (non-hydrogen) atoms. The van der Waals surface area contributed by atoms with Crippen molar-refractivity contribution in [3.8, 4) is 5.75 Å². The van der Waals surface area contributed by atoms with Crippen LogP contribution >= 0.6 is 23.1 Å². The van der Waals surface area contributed by atoms with E-state index in [1.165, 1.54) is 23.1 Å². The summed E-state index contributed by atoms with van der Waals surface area (Å²) in [7, 11) is 3.36. The minimum absolute atomic E-state index is 0.0638. The second-order valence-electron chi connectivity index (χ2n) is 6.82. The first-order valence-corrected chi connectivity index (χ1v) is 11.2. The summed E-state index contributed by atoms with van der Waals surface area (Å²) in [6, 6.07) is 7.07. The van der Waals surface area contributed by atoms with E-state index in [9.17, 15) is 9.59 Å². The third-order valence-electron chi connectivity index (χ3n) is 4.53. The summed E-state index contributed by atoms with van der Waals surface area (Å²) in [5.41, 5.74) is 1.58. The van der Waals surface area contributed by atoms with Gasteiger partial charge in [0.25, 0.3) is 0 Å². The maximum Gasteiger partial charge on any atom is 0.239 e. The number of benzene rings is 1. The van der Waals surface area contributed by atoms with Crippen molar-refractivity contribution in [1.82, 2.24) is 19.7 Å². The molecule has 0 bridgehead atoms. The molecule has 2 amide bonds. The number of ether oxygens (including phenoxy) is 1. The molecule has 0 saturated heterocycles. The molecule has 164 valence electrons. The molecule has 0 fully saturated rings. The number of aromatic nitrogens is 4. The van der Waals surface area contributed by atoms with Gasteiger partial charge in [-0.25, -0.2) is 4.98 Å². The molecule has 0 spiro atoms. The summed E-state index contributed by atoms with van der Waals surface area (Å²) < 4.78 is 6.83. The Balaban J connectivity index is 1.57. The van der Waals surface area contributed by atoms with Crippen LogP contribution in [0.15, 0.2) is 29.4 Å². The highest BCUT2D eigenvalue weighted by molar-refractivity contribution is 8.00. The maximum atomic E-state index is 12.5. The number of nitrogens with one attached hydrogen (secondary N) is 2. The lowest BCUT2D eigenvalue weighted by Crippen LogP contribution is -2.23. The van der Waals surface area contributed by atoms with Crippen molar-refractivity contribution in [2.45, 2.75) is 37.6 Å². The fraction of sp³-hybridized carbons (Fsp3) is 0.350. The molecular formula is C20H24N6O3S2. The Kier molecular flexibility index (Phi) is 7.29. The van der Waals surface area contributed by atoms with Crippen molar-refractivity contribution >= 4 is 45.7 Å². The molecule has 11 heteroatoms. The van der Waals surface area contributed by atoms with Gasteiger partial charge < -0.3 is 19.9 Å². The number of rotatable bonds is 8. The van der Waals surface area contributed by atoms with Crippen molar-refractivity contribution < 1.29 is 14.3 Å². The van der Waals surface area contributed by atoms with E-state index in [1.807, 2.05) is 13.8 Å². The van der Waals surface area contributed by atoms with Crippen LogP contribution in [0.5, 0.6) is 5.75 Å². The van der Waals surface area contributed by atoms with E-state index in [1.54, 1.807) is 49.9 Å². The molecule has 2 N–H and O–H groups in total. The number of amides is 2. The Labute approximate surface area is 188 Å². The van der Waals surface area contributed by atoms with E-state index in [2.05, 4.69) is 25.8 Å². The van der Waals surface area contributed by atoms with Crippen LogP contribution < -0.4 is 15.4 Å². The number of thiazole rings is 1. The predicted molar refractivity (Wildman–Crippen MR) is 122 cm³/mol. The largest absolute Gasteiger partial charge is 0.497 e. The number of carbonyl (C=O) groups is 2. The average molecular weight is 461 g/mol. The van der Waals surface area contributed by atoms with Crippen molar-refractivity contribution in [1.29, 1.82) is 0 Å². The number of hydrogen-bond acceptors (Lipinski definition) is 8. The Morgan fingerprint density at radius 3 is 2.52 bits per heavy atom. The maximum absolute atomic E-state index is 12.5. The number of hydrogen-bond donors (Lipinski definition) is 2. The van der Waals surface area contributed by atoms with Gasteiger partial charge in [-0.3, -0.25) is 9.59 Å². The van der Waals surface area contributed by atoms with Crippen molar-refractivity contribution in [3.05, 3.63) is 40.7 Å². The molecule has 2 aromatic heterocycles. The normalized spacial score (nSPS) is 11.8. The van der Waals surface area contributed by atoms with Gasteiger partial charge in [0.1, 0.15) is 11.6 Å². The Morgan fingerprint density at radius 1 is 1.19 bits per heavy atom. The van der Waals surface area contributed by atoms with E-state index >= 15 is 0 Å². The van der Waals surface area contributed by atoms with Gasteiger partial charge in [-0.2, -0.15) is 0 Å². The number of nitrogens with zero attached hydrogens (tertiary/aromatic N) is 4. The molecule has 1 aromatic carbocycles. The second kappa shape index (κ2) is 9.92. The summed E-state index contributed by atoms with van der Waals surface area (Å²) in [6.07, 6.45) is 0.0638. The second-order valence-corrected chi connectivity index (χ2v) is 9.33.